The zero-order valence-corrected chi connectivity index (χ0v) is 12.9. The summed E-state index contributed by atoms with van der Waals surface area (Å²) < 4.78 is 7.16. The highest BCUT2D eigenvalue weighted by Crippen LogP contribution is 2.12. The molecule has 0 aliphatic carbocycles. The summed E-state index contributed by atoms with van der Waals surface area (Å²) in [4.78, 5) is 15.9. The second-order valence-corrected chi connectivity index (χ2v) is 6.36. The van der Waals surface area contributed by atoms with Crippen LogP contribution >= 0.6 is 11.6 Å². The fourth-order valence-corrected chi connectivity index (χ4v) is 2.18. The molecule has 1 amide bonds. The van der Waals surface area contributed by atoms with Crippen molar-refractivity contribution in [3.05, 3.63) is 17.4 Å². The minimum absolute atomic E-state index is 0.237. The summed E-state index contributed by atoms with van der Waals surface area (Å²) in [6.07, 6.45) is 3.18. The molecule has 20 heavy (non-hydrogen) atoms. The Kier molecular flexibility index (Phi) is 4.55. The maximum Gasteiger partial charge on any atom is 0.410 e. The second-order valence-electron chi connectivity index (χ2n) is 5.92. The van der Waals surface area contributed by atoms with E-state index in [4.69, 9.17) is 16.3 Å². The van der Waals surface area contributed by atoms with Gasteiger partial charge in [0.2, 0.25) is 0 Å². The van der Waals surface area contributed by atoms with Crippen molar-refractivity contribution >= 4 is 17.7 Å². The number of hydrogen-bond acceptors (Lipinski definition) is 4. The Morgan fingerprint density at radius 1 is 1.35 bits per heavy atom. The van der Waals surface area contributed by atoms with Gasteiger partial charge in [-0.3, -0.25) is 9.58 Å². The first kappa shape index (κ1) is 15.1. The van der Waals surface area contributed by atoms with E-state index in [0.717, 1.165) is 13.1 Å². The van der Waals surface area contributed by atoms with Crippen molar-refractivity contribution in [1.82, 2.24) is 19.6 Å². The van der Waals surface area contributed by atoms with Crippen LogP contribution in [-0.2, 0) is 11.4 Å². The topological polar surface area (TPSA) is 50.6 Å². The molecule has 0 spiro atoms. The summed E-state index contributed by atoms with van der Waals surface area (Å²) in [6.45, 7) is 9.27. The van der Waals surface area contributed by atoms with Crippen molar-refractivity contribution in [3.8, 4) is 0 Å². The molecule has 1 saturated heterocycles. The Labute approximate surface area is 124 Å². The first-order valence-corrected chi connectivity index (χ1v) is 7.09. The van der Waals surface area contributed by atoms with Gasteiger partial charge in [0.15, 0.2) is 0 Å². The molecule has 6 nitrogen and oxygen atoms in total. The molecule has 0 aromatic carbocycles. The monoisotopic (exact) mass is 300 g/mol. The van der Waals surface area contributed by atoms with Gasteiger partial charge in [0.05, 0.1) is 17.9 Å². The summed E-state index contributed by atoms with van der Waals surface area (Å²) in [7, 11) is 0. The summed E-state index contributed by atoms with van der Waals surface area (Å²) in [5.74, 6) is 0. The maximum atomic E-state index is 11.9. The highest BCUT2D eigenvalue weighted by molar-refractivity contribution is 6.30. The van der Waals surface area contributed by atoms with Crippen molar-refractivity contribution < 1.29 is 9.53 Å². The van der Waals surface area contributed by atoms with Gasteiger partial charge in [0.25, 0.3) is 0 Å². The molecule has 7 heteroatoms. The summed E-state index contributed by atoms with van der Waals surface area (Å²) >= 11 is 5.83. The normalized spacial score (nSPS) is 17.3. The van der Waals surface area contributed by atoms with Crippen molar-refractivity contribution in [2.24, 2.45) is 0 Å². The first-order valence-electron chi connectivity index (χ1n) is 6.72. The molecular formula is C13H21ClN4O2. The van der Waals surface area contributed by atoms with Crippen LogP contribution in [0.2, 0.25) is 5.02 Å². The molecule has 112 valence electrons. The van der Waals surface area contributed by atoms with E-state index in [1.54, 1.807) is 22.0 Å². The quantitative estimate of drug-likeness (QED) is 0.839. The third-order valence-corrected chi connectivity index (χ3v) is 3.17. The third kappa shape index (κ3) is 4.38. The summed E-state index contributed by atoms with van der Waals surface area (Å²) in [5, 5.41) is 4.79. The van der Waals surface area contributed by atoms with E-state index in [9.17, 15) is 4.79 Å². The minimum atomic E-state index is -0.444. The number of aromatic nitrogens is 2. The molecule has 0 N–H and O–H groups in total. The Balaban J connectivity index is 1.79. The zero-order chi connectivity index (χ0) is 14.8. The van der Waals surface area contributed by atoms with Gasteiger partial charge in [0.1, 0.15) is 5.60 Å². The van der Waals surface area contributed by atoms with Crippen LogP contribution in [-0.4, -0.2) is 57.5 Å². The maximum absolute atomic E-state index is 11.9. The fourth-order valence-electron chi connectivity index (χ4n) is 2.02. The van der Waals surface area contributed by atoms with E-state index in [-0.39, 0.29) is 6.09 Å². The lowest BCUT2D eigenvalue weighted by molar-refractivity contribution is 0.0114. The number of ether oxygens (including phenoxy) is 1. The van der Waals surface area contributed by atoms with E-state index in [1.165, 1.54) is 0 Å². The van der Waals surface area contributed by atoms with Crippen molar-refractivity contribution in [2.75, 3.05) is 26.2 Å². The highest BCUT2D eigenvalue weighted by atomic mass is 35.5. The predicted octanol–water partition coefficient (Wildman–Crippen LogP) is 2.05. The number of amides is 1. The number of hydrogen-bond donors (Lipinski definition) is 0. The highest BCUT2D eigenvalue weighted by Gasteiger charge is 2.25. The van der Waals surface area contributed by atoms with Gasteiger partial charge in [-0.15, -0.1) is 0 Å². The molecule has 0 unspecified atom stereocenters. The smallest absolute Gasteiger partial charge is 0.410 e. The van der Waals surface area contributed by atoms with Crippen LogP contribution < -0.4 is 0 Å². The van der Waals surface area contributed by atoms with Crippen molar-refractivity contribution in [2.45, 2.75) is 33.0 Å². The van der Waals surface area contributed by atoms with Crippen LogP contribution in [0.15, 0.2) is 12.4 Å². The average Bonchev–Trinajstić information content (AvgIpc) is 2.73. The molecule has 0 radical (unpaired) electrons. The predicted molar refractivity (Wildman–Crippen MR) is 76.6 cm³/mol. The largest absolute Gasteiger partial charge is 0.444 e. The molecule has 0 bridgehead atoms. The van der Waals surface area contributed by atoms with Gasteiger partial charge in [-0.05, 0) is 20.8 Å². The summed E-state index contributed by atoms with van der Waals surface area (Å²) in [5.41, 5.74) is -0.444. The van der Waals surface area contributed by atoms with Crippen molar-refractivity contribution in [3.63, 3.8) is 0 Å². The lowest BCUT2D eigenvalue weighted by Gasteiger charge is -2.35. The second kappa shape index (κ2) is 6.01. The SMILES string of the molecule is CC(C)(C)OC(=O)N1CCN(Cn2cc(Cl)cn2)CC1. The van der Waals surface area contributed by atoms with Gasteiger partial charge < -0.3 is 9.64 Å². The molecule has 2 rings (SSSR count). The Hall–Kier alpha value is -1.27. The minimum Gasteiger partial charge on any atom is -0.444 e. The number of nitrogens with zero attached hydrogens (tertiary/aromatic N) is 4. The Bertz CT molecular complexity index is 461. The molecule has 0 atom stereocenters. The van der Waals surface area contributed by atoms with Crippen LogP contribution in [0.25, 0.3) is 0 Å². The van der Waals surface area contributed by atoms with Gasteiger partial charge >= 0.3 is 6.09 Å². The van der Waals surface area contributed by atoms with Gasteiger partial charge in [0, 0.05) is 32.4 Å². The van der Waals surface area contributed by atoms with E-state index >= 15 is 0 Å². The van der Waals surface area contributed by atoms with Gasteiger partial charge in [-0.1, -0.05) is 11.6 Å². The average molecular weight is 301 g/mol. The Morgan fingerprint density at radius 3 is 2.50 bits per heavy atom. The van der Waals surface area contributed by atoms with E-state index in [1.807, 2.05) is 20.8 Å². The molecule has 2 heterocycles. The number of carbonyl (C=O) groups excluding carboxylic acids is 1. The third-order valence-electron chi connectivity index (χ3n) is 2.97. The van der Waals surface area contributed by atoms with Crippen LogP contribution in [0.3, 0.4) is 0 Å². The summed E-state index contributed by atoms with van der Waals surface area (Å²) in [6, 6.07) is 0. The standard InChI is InChI=1S/C13H21ClN4O2/c1-13(2,3)20-12(19)17-6-4-16(5-7-17)10-18-9-11(14)8-15-18/h8-9H,4-7,10H2,1-3H3. The lowest BCUT2D eigenvalue weighted by atomic mass is 10.2. The molecule has 0 saturated carbocycles. The first-order chi connectivity index (χ1) is 9.33. The van der Waals surface area contributed by atoms with E-state index < -0.39 is 5.60 Å². The van der Waals surface area contributed by atoms with Crippen LogP contribution in [0.4, 0.5) is 4.79 Å². The van der Waals surface area contributed by atoms with E-state index in [0.29, 0.717) is 24.8 Å². The molecule has 1 fully saturated rings. The van der Waals surface area contributed by atoms with Crippen LogP contribution in [0.5, 0.6) is 0 Å². The van der Waals surface area contributed by atoms with Crippen LogP contribution in [0.1, 0.15) is 20.8 Å². The van der Waals surface area contributed by atoms with Crippen molar-refractivity contribution in [1.29, 1.82) is 0 Å². The van der Waals surface area contributed by atoms with Gasteiger partial charge in [-0.25, -0.2) is 4.79 Å². The lowest BCUT2D eigenvalue weighted by Crippen LogP contribution is -2.50. The van der Waals surface area contributed by atoms with Crippen LogP contribution in [0, 0.1) is 0 Å². The molecule has 1 aliphatic heterocycles. The fraction of sp³-hybridized carbons (Fsp3) is 0.692. The number of rotatable bonds is 2. The van der Waals surface area contributed by atoms with E-state index in [2.05, 4.69) is 10.00 Å². The van der Waals surface area contributed by atoms with Gasteiger partial charge in [-0.2, -0.15) is 5.10 Å². The molecule has 1 aliphatic rings. The molecule has 1 aromatic rings. The number of halogens is 1. The number of carbonyl (C=O) groups is 1. The Morgan fingerprint density at radius 2 is 2.00 bits per heavy atom. The molecule has 1 aromatic heterocycles. The number of piperazine rings is 1. The molecular weight excluding hydrogens is 280 g/mol. The zero-order valence-electron chi connectivity index (χ0n) is 12.2.